The molecular formula is C12H25IN4O3S. The number of guanidine groups is 1. The van der Waals surface area contributed by atoms with Gasteiger partial charge in [-0.15, -0.1) is 24.0 Å². The molecule has 1 aliphatic rings. The summed E-state index contributed by atoms with van der Waals surface area (Å²) < 4.78 is 22.1. The predicted octanol–water partition coefficient (Wildman–Crippen LogP) is -0.173. The van der Waals surface area contributed by atoms with Gasteiger partial charge in [0, 0.05) is 32.4 Å². The van der Waals surface area contributed by atoms with Gasteiger partial charge in [-0.3, -0.25) is 4.79 Å². The maximum Gasteiger partial charge on any atom is 0.244 e. The molecule has 0 aromatic carbocycles. The summed E-state index contributed by atoms with van der Waals surface area (Å²) in [5.41, 5.74) is 0. The molecule has 124 valence electrons. The van der Waals surface area contributed by atoms with E-state index in [1.807, 2.05) is 11.8 Å². The molecule has 1 amide bonds. The van der Waals surface area contributed by atoms with Gasteiger partial charge in [0.15, 0.2) is 5.96 Å². The zero-order chi connectivity index (χ0) is 15.0. The van der Waals surface area contributed by atoms with Gasteiger partial charge in [-0.2, -0.15) is 0 Å². The van der Waals surface area contributed by atoms with E-state index in [-0.39, 0.29) is 48.7 Å². The van der Waals surface area contributed by atoms with E-state index in [2.05, 4.69) is 15.6 Å². The topological polar surface area (TPSA) is 90.9 Å². The lowest BCUT2D eigenvalue weighted by Gasteiger charge is -2.15. The van der Waals surface area contributed by atoms with Crippen molar-refractivity contribution < 1.29 is 13.2 Å². The summed E-state index contributed by atoms with van der Waals surface area (Å²) in [4.78, 5) is 17.8. The van der Waals surface area contributed by atoms with E-state index >= 15 is 0 Å². The standard InChI is InChI=1S/C12H24N4O3S.HI/c1-3-13-12(14-6-9-20(2,18)19)15-10-11(17)16-7-4-5-8-16;/h3-10H2,1-2H3,(H2,13,14,15);1H. The maximum atomic E-state index is 11.9. The molecule has 0 aromatic rings. The Labute approximate surface area is 143 Å². The van der Waals surface area contributed by atoms with E-state index < -0.39 is 9.84 Å². The molecule has 0 spiro atoms. The van der Waals surface area contributed by atoms with Crippen LogP contribution in [0.1, 0.15) is 19.8 Å². The van der Waals surface area contributed by atoms with Gasteiger partial charge in [0.25, 0.3) is 0 Å². The number of carbonyl (C=O) groups excluding carboxylic acids is 1. The number of hydrogen-bond donors (Lipinski definition) is 2. The van der Waals surface area contributed by atoms with Crippen molar-refractivity contribution in [1.29, 1.82) is 0 Å². The zero-order valence-electron chi connectivity index (χ0n) is 12.6. The van der Waals surface area contributed by atoms with Gasteiger partial charge in [-0.1, -0.05) is 0 Å². The summed E-state index contributed by atoms with van der Waals surface area (Å²) in [5, 5.41) is 5.90. The number of nitrogens with one attached hydrogen (secondary N) is 2. The Morgan fingerprint density at radius 3 is 2.38 bits per heavy atom. The number of sulfone groups is 1. The van der Waals surface area contributed by atoms with Gasteiger partial charge in [0.1, 0.15) is 16.4 Å². The number of aliphatic imine (C=N–C) groups is 1. The minimum atomic E-state index is -3.00. The van der Waals surface area contributed by atoms with Gasteiger partial charge < -0.3 is 15.5 Å². The molecule has 9 heteroatoms. The third kappa shape index (κ3) is 9.12. The Hall–Kier alpha value is -0.580. The number of carbonyl (C=O) groups is 1. The number of rotatable bonds is 6. The van der Waals surface area contributed by atoms with E-state index in [4.69, 9.17) is 0 Å². The van der Waals surface area contributed by atoms with Gasteiger partial charge in [0.2, 0.25) is 5.91 Å². The lowest BCUT2D eigenvalue weighted by Crippen LogP contribution is -2.40. The van der Waals surface area contributed by atoms with Crippen molar-refractivity contribution in [3.05, 3.63) is 0 Å². The van der Waals surface area contributed by atoms with Crippen molar-refractivity contribution in [1.82, 2.24) is 15.5 Å². The summed E-state index contributed by atoms with van der Waals surface area (Å²) in [6.45, 7) is 4.56. The lowest BCUT2D eigenvalue weighted by atomic mass is 10.4. The quantitative estimate of drug-likeness (QED) is 0.346. The van der Waals surface area contributed by atoms with Crippen LogP contribution in [0.2, 0.25) is 0 Å². The molecule has 1 saturated heterocycles. The lowest BCUT2D eigenvalue weighted by molar-refractivity contribution is -0.128. The minimum absolute atomic E-state index is 0. The molecule has 1 heterocycles. The average molecular weight is 432 g/mol. The van der Waals surface area contributed by atoms with Crippen LogP contribution in [0.15, 0.2) is 4.99 Å². The first-order chi connectivity index (χ1) is 9.42. The number of likely N-dealkylation sites (tertiary alicyclic amines) is 1. The van der Waals surface area contributed by atoms with Gasteiger partial charge in [-0.05, 0) is 19.8 Å². The predicted molar refractivity (Wildman–Crippen MR) is 94.9 cm³/mol. The minimum Gasteiger partial charge on any atom is -0.357 e. The highest BCUT2D eigenvalue weighted by Gasteiger charge is 2.17. The highest BCUT2D eigenvalue weighted by molar-refractivity contribution is 14.0. The maximum absolute atomic E-state index is 11.9. The molecular weight excluding hydrogens is 407 g/mol. The Morgan fingerprint density at radius 2 is 1.86 bits per heavy atom. The van der Waals surface area contributed by atoms with Crippen LogP contribution in [0, 0.1) is 0 Å². The molecule has 0 radical (unpaired) electrons. The van der Waals surface area contributed by atoms with Crippen molar-refractivity contribution in [2.75, 3.05) is 44.7 Å². The molecule has 0 aromatic heterocycles. The number of hydrogen-bond acceptors (Lipinski definition) is 4. The van der Waals surface area contributed by atoms with Crippen molar-refractivity contribution >= 4 is 45.7 Å². The third-order valence-electron chi connectivity index (χ3n) is 2.94. The first kappa shape index (κ1) is 20.4. The van der Waals surface area contributed by atoms with E-state index in [9.17, 15) is 13.2 Å². The monoisotopic (exact) mass is 432 g/mol. The Balaban J connectivity index is 0.00000400. The van der Waals surface area contributed by atoms with Gasteiger partial charge in [-0.25, -0.2) is 13.4 Å². The summed E-state index contributed by atoms with van der Waals surface area (Å²) in [6, 6.07) is 0. The molecule has 0 atom stereocenters. The molecule has 21 heavy (non-hydrogen) atoms. The average Bonchev–Trinajstić information content (AvgIpc) is 2.88. The highest BCUT2D eigenvalue weighted by atomic mass is 127. The second-order valence-electron chi connectivity index (χ2n) is 4.84. The van der Waals surface area contributed by atoms with E-state index in [1.54, 1.807) is 0 Å². The summed E-state index contributed by atoms with van der Waals surface area (Å²) in [5.74, 6) is 0.531. The second-order valence-corrected chi connectivity index (χ2v) is 7.10. The fourth-order valence-electron chi connectivity index (χ4n) is 1.91. The van der Waals surface area contributed by atoms with Crippen molar-refractivity contribution in [3.8, 4) is 0 Å². The number of nitrogens with zero attached hydrogens (tertiary/aromatic N) is 2. The van der Waals surface area contributed by atoms with Crippen LogP contribution in [0.5, 0.6) is 0 Å². The van der Waals surface area contributed by atoms with E-state index in [1.165, 1.54) is 6.26 Å². The van der Waals surface area contributed by atoms with Crippen LogP contribution in [-0.2, 0) is 14.6 Å². The first-order valence-corrected chi connectivity index (χ1v) is 8.96. The summed E-state index contributed by atoms with van der Waals surface area (Å²) in [6.07, 6.45) is 3.31. The fraction of sp³-hybridized carbons (Fsp3) is 0.833. The Morgan fingerprint density at radius 1 is 1.24 bits per heavy atom. The highest BCUT2D eigenvalue weighted by Crippen LogP contribution is 2.07. The van der Waals surface area contributed by atoms with Crippen molar-refractivity contribution in [2.24, 2.45) is 4.99 Å². The van der Waals surface area contributed by atoms with Gasteiger partial charge >= 0.3 is 0 Å². The second kappa shape index (κ2) is 10.2. The first-order valence-electron chi connectivity index (χ1n) is 6.90. The molecule has 0 saturated carbocycles. The van der Waals surface area contributed by atoms with Crippen molar-refractivity contribution in [2.45, 2.75) is 19.8 Å². The van der Waals surface area contributed by atoms with Crippen LogP contribution >= 0.6 is 24.0 Å². The number of amides is 1. The van der Waals surface area contributed by atoms with E-state index in [0.717, 1.165) is 25.9 Å². The van der Waals surface area contributed by atoms with Crippen molar-refractivity contribution in [3.63, 3.8) is 0 Å². The smallest absolute Gasteiger partial charge is 0.244 e. The summed E-state index contributed by atoms with van der Waals surface area (Å²) in [7, 11) is -3.00. The zero-order valence-corrected chi connectivity index (χ0v) is 15.7. The number of halogens is 1. The van der Waals surface area contributed by atoms with Crippen LogP contribution in [0.25, 0.3) is 0 Å². The molecule has 0 unspecified atom stereocenters. The molecule has 0 bridgehead atoms. The summed E-state index contributed by atoms with van der Waals surface area (Å²) >= 11 is 0. The molecule has 0 aliphatic carbocycles. The molecule has 1 fully saturated rings. The third-order valence-corrected chi connectivity index (χ3v) is 3.89. The van der Waals surface area contributed by atoms with Crippen LogP contribution in [-0.4, -0.2) is 69.9 Å². The van der Waals surface area contributed by atoms with Crippen LogP contribution in [0.4, 0.5) is 0 Å². The largest absolute Gasteiger partial charge is 0.357 e. The molecule has 1 aliphatic heterocycles. The van der Waals surface area contributed by atoms with Crippen LogP contribution < -0.4 is 10.6 Å². The van der Waals surface area contributed by atoms with Crippen LogP contribution in [0.3, 0.4) is 0 Å². The Kier molecular flexibility index (Phi) is 9.92. The van der Waals surface area contributed by atoms with E-state index in [0.29, 0.717) is 12.5 Å². The fourth-order valence-corrected chi connectivity index (χ4v) is 2.38. The normalized spacial score (nSPS) is 15.5. The molecule has 1 rings (SSSR count). The van der Waals surface area contributed by atoms with Gasteiger partial charge in [0.05, 0.1) is 5.75 Å². The molecule has 7 nitrogen and oxygen atoms in total. The SMILES string of the molecule is CCNC(=NCC(=O)N1CCCC1)NCCS(C)(=O)=O.I. The molecule has 2 N–H and O–H groups in total. The Bertz CT molecular complexity index is 447.